The van der Waals surface area contributed by atoms with Crippen LogP contribution in [0.15, 0.2) is 53.4 Å². The van der Waals surface area contributed by atoms with E-state index in [1.807, 2.05) is 6.07 Å². The van der Waals surface area contributed by atoms with Gasteiger partial charge in [0, 0.05) is 5.69 Å². The number of hydrogen-bond donors (Lipinski definition) is 2. The average Bonchev–Trinajstić information content (AvgIpc) is 2.60. The third kappa shape index (κ3) is 4.79. The van der Waals surface area contributed by atoms with E-state index < -0.39 is 22.0 Å². The maximum absolute atomic E-state index is 12.5. The molecule has 2 rings (SSSR count). The third-order valence-electron chi connectivity index (χ3n) is 3.45. The molecule has 0 fully saturated rings. The number of nitrogens with one attached hydrogen (secondary N) is 1. The average molecular weight is 359 g/mol. The van der Waals surface area contributed by atoms with Crippen LogP contribution in [0.1, 0.15) is 11.1 Å². The highest BCUT2D eigenvalue weighted by Crippen LogP contribution is 2.15. The first-order valence-electron chi connectivity index (χ1n) is 7.30. The van der Waals surface area contributed by atoms with Gasteiger partial charge in [0.2, 0.25) is 10.0 Å². The second-order valence-electron chi connectivity index (χ2n) is 5.29. The summed E-state index contributed by atoms with van der Waals surface area (Å²) < 4.78 is 32.0. The summed E-state index contributed by atoms with van der Waals surface area (Å²) in [7, 11) is -2.79. The fourth-order valence-electron chi connectivity index (χ4n) is 2.26. The molecule has 2 aromatic carbocycles. The zero-order chi connectivity index (χ0) is 18.4. The Labute approximate surface area is 146 Å². The van der Waals surface area contributed by atoms with Gasteiger partial charge in [-0.05, 0) is 42.3 Å². The number of carbonyl (C=O) groups is 1. The van der Waals surface area contributed by atoms with Crippen LogP contribution in [0.25, 0.3) is 0 Å². The minimum Gasteiger partial charge on any atom is -0.468 e. The first-order valence-corrected chi connectivity index (χ1v) is 8.79. The van der Waals surface area contributed by atoms with Gasteiger partial charge in [0.15, 0.2) is 0 Å². The zero-order valence-electron chi connectivity index (χ0n) is 13.5. The van der Waals surface area contributed by atoms with E-state index in [9.17, 15) is 13.2 Å². The molecule has 0 amide bonds. The van der Waals surface area contributed by atoms with Gasteiger partial charge in [-0.25, -0.2) is 8.42 Å². The van der Waals surface area contributed by atoms with Crippen LogP contribution in [0.5, 0.6) is 0 Å². The van der Waals surface area contributed by atoms with Crippen LogP contribution in [-0.4, -0.2) is 27.5 Å². The topological polar surface area (TPSA) is 122 Å². The summed E-state index contributed by atoms with van der Waals surface area (Å²) in [5, 5.41) is 8.95. The summed E-state index contributed by atoms with van der Waals surface area (Å²) in [6.45, 7) is 0. The van der Waals surface area contributed by atoms with Crippen molar-refractivity contribution in [1.29, 1.82) is 5.26 Å². The Balaban J connectivity index is 2.29. The van der Waals surface area contributed by atoms with Gasteiger partial charge >= 0.3 is 5.97 Å². The zero-order valence-corrected chi connectivity index (χ0v) is 14.3. The van der Waals surface area contributed by atoms with Crippen LogP contribution in [0.3, 0.4) is 0 Å². The molecule has 2 aromatic rings. The SMILES string of the molecule is COC(=O)[C@H](Cc1cccc(C#N)c1)NS(=O)(=O)c1cccc(N)c1. The summed E-state index contributed by atoms with van der Waals surface area (Å²) >= 11 is 0. The number of methoxy groups -OCH3 is 1. The van der Waals surface area contributed by atoms with Crippen molar-refractivity contribution in [3.8, 4) is 6.07 Å². The summed E-state index contributed by atoms with van der Waals surface area (Å²) in [4.78, 5) is 12.0. The Kier molecular flexibility index (Phi) is 5.75. The maximum atomic E-state index is 12.5. The predicted octanol–water partition coefficient (Wildman–Crippen LogP) is 1.20. The normalized spacial score (nSPS) is 12.2. The number of rotatable bonds is 6. The van der Waals surface area contributed by atoms with E-state index in [-0.39, 0.29) is 11.3 Å². The molecule has 3 N–H and O–H groups in total. The van der Waals surface area contributed by atoms with Crippen LogP contribution in [0, 0.1) is 11.3 Å². The number of benzene rings is 2. The van der Waals surface area contributed by atoms with E-state index >= 15 is 0 Å². The molecule has 1 atom stereocenters. The molecule has 0 aliphatic carbocycles. The standard InChI is InChI=1S/C17H17N3O4S/c1-24-17(21)16(9-12-4-2-5-13(8-12)11-18)20-25(22,23)15-7-3-6-14(19)10-15/h2-8,10,16,20H,9,19H2,1H3/t16-/m0/s1. The van der Waals surface area contributed by atoms with Gasteiger partial charge in [0.25, 0.3) is 0 Å². The number of nitriles is 1. The summed E-state index contributed by atoms with van der Waals surface area (Å²) in [6, 6.07) is 13.2. The molecule has 0 radical (unpaired) electrons. The molecule has 0 saturated heterocycles. The van der Waals surface area contributed by atoms with Gasteiger partial charge in [-0.3, -0.25) is 4.79 Å². The Morgan fingerprint density at radius 3 is 2.64 bits per heavy atom. The lowest BCUT2D eigenvalue weighted by Crippen LogP contribution is -2.43. The van der Waals surface area contributed by atoms with Crippen LogP contribution >= 0.6 is 0 Å². The molecular formula is C17H17N3O4S. The van der Waals surface area contributed by atoms with Crippen molar-refractivity contribution in [2.24, 2.45) is 0 Å². The van der Waals surface area contributed by atoms with E-state index in [0.717, 1.165) is 0 Å². The van der Waals surface area contributed by atoms with E-state index in [2.05, 4.69) is 4.72 Å². The van der Waals surface area contributed by atoms with E-state index in [4.69, 9.17) is 15.7 Å². The molecule has 0 spiro atoms. The van der Waals surface area contributed by atoms with Crippen molar-refractivity contribution in [2.45, 2.75) is 17.4 Å². The smallest absolute Gasteiger partial charge is 0.324 e. The first kappa shape index (κ1) is 18.4. The van der Waals surface area contributed by atoms with E-state index in [1.165, 1.54) is 25.3 Å². The van der Waals surface area contributed by atoms with Crippen LogP contribution in [0.4, 0.5) is 5.69 Å². The highest BCUT2D eigenvalue weighted by Gasteiger charge is 2.27. The molecular weight excluding hydrogens is 342 g/mol. The van der Waals surface area contributed by atoms with Crippen LogP contribution in [0.2, 0.25) is 0 Å². The minimum absolute atomic E-state index is 0.0454. The Morgan fingerprint density at radius 2 is 2.00 bits per heavy atom. The monoisotopic (exact) mass is 359 g/mol. The van der Waals surface area contributed by atoms with Gasteiger partial charge in [-0.15, -0.1) is 0 Å². The van der Waals surface area contributed by atoms with Crippen molar-refractivity contribution < 1.29 is 17.9 Å². The van der Waals surface area contributed by atoms with Crippen LogP contribution in [-0.2, 0) is 26.0 Å². The van der Waals surface area contributed by atoms with E-state index in [0.29, 0.717) is 16.8 Å². The summed E-state index contributed by atoms with van der Waals surface area (Å²) in [6.07, 6.45) is 0.0454. The Bertz CT molecular complexity index is 919. The second kappa shape index (κ2) is 7.79. The Morgan fingerprint density at radius 1 is 1.28 bits per heavy atom. The van der Waals surface area contributed by atoms with Gasteiger partial charge < -0.3 is 10.5 Å². The number of ether oxygens (including phenoxy) is 1. The number of hydrogen-bond acceptors (Lipinski definition) is 6. The minimum atomic E-state index is -3.97. The number of carbonyl (C=O) groups excluding carboxylic acids is 1. The first-order chi connectivity index (χ1) is 11.9. The second-order valence-corrected chi connectivity index (χ2v) is 7.00. The van der Waals surface area contributed by atoms with Crippen molar-refractivity contribution >= 4 is 21.7 Å². The third-order valence-corrected chi connectivity index (χ3v) is 4.92. The number of nitrogens with zero attached hydrogens (tertiary/aromatic N) is 1. The van der Waals surface area contributed by atoms with Crippen molar-refractivity contribution in [3.63, 3.8) is 0 Å². The largest absolute Gasteiger partial charge is 0.468 e. The predicted molar refractivity (Wildman–Crippen MR) is 91.8 cm³/mol. The molecule has 130 valence electrons. The van der Waals surface area contributed by atoms with Gasteiger partial charge in [0.1, 0.15) is 6.04 Å². The number of nitrogens with two attached hydrogens (primary N) is 1. The molecule has 8 heteroatoms. The quantitative estimate of drug-likeness (QED) is 0.590. The number of nitrogen functional groups attached to an aromatic ring is 1. The molecule has 0 bridgehead atoms. The molecule has 25 heavy (non-hydrogen) atoms. The van der Waals surface area contributed by atoms with Gasteiger partial charge in [0.05, 0.1) is 23.6 Å². The highest BCUT2D eigenvalue weighted by molar-refractivity contribution is 7.89. The highest BCUT2D eigenvalue weighted by atomic mass is 32.2. The molecule has 0 aliphatic rings. The molecule has 0 unspecified atom stereocenters. The van der Waals surface area contributed by atoms with Crippen molar-refractivity contribution in [1.82, 2.24) is 4.72 Å². The maximum Gasteiger partial charge on any atom is 0.324 e. The van der Waals surface area contributed by atoms with Gasteiger partial charge in [-0.2, -0.15) is 9.98 Å². The molecule has 0 aliphatic heterocycles. The molecule has 0 aromatic heterocycles. The molecule has 0 heterocycles. The van der Waals surface area contributed by atoms with Crippen molar-refractivity contribution in [3.05, 3.63) is 59.7 Å². The fourth-order valence-corrected chi connectivity index (χ4v) is 3.50. The number of esters is 1. The lowest BCUT2D eigenvalue weighted by atomic mass is 10.0. The summed E-state index contributed by atoms with van der Waals surface area (Å²) in [5.41, 5.74) is 6.95. The van der Waals surface area contributed by atoms with Gasteiger partial charge in [-0.1, -0.05) is 18.2 Å². The molecule has 7 nitrogen and oxygen atoms in total. The fraction of sp³-hybridized carbons (Fsp3) is 0.176. The lowest BCUT2D eigenvalue weighted by molar-refractivity contribution is -0.142. The molecule has 0 saturated carbocycles. The van der Waals surface area contributed by atoms with Crippen molar-refractivity contribution in [2.75, 3.05) is 12.8 Å². The van der Waals surface area contributed by atoms with E-state index in [1.54, 1.807) is 30.3 Å². The van der Waals surface area contributed by atoms with Crippen LogP contribution < -0.4 is 10.5 Å². The lowest BCUT2D eigenvalue weighted by Gasteiger charge is -2.17. The number of sulfonamides is 1. The summed E-state index contributed by atoms with van der Waals surface area (Å²) in [5.74, 6) is -0.727. The number of anilines is 1. The Hall–Kier alpha value is -2.89.